The number of benzene rings is 1. The summed E-state index contributed by atoms with van der Waals surface area (Å²) in [5.74, 6) is 0. The van der Waals surface area contributed by atoms with E-state index >= 15 is 0 Å². The van der Waals surface area contributed by atoms with E-state index in [0.29, 0.717) is 0 Å². The van der Waals surface area contributed by atoms with E-state index in [9.17, 15) is 4.39 Å². The SMILES string of the molecule is CC(C)(CF)c1cc[c]cc1. The van der Waals surface area contributed by atoms with Crippen LogP contribution in [-0.2, 0) is 5.41 Å². The Hall–Kier alpha value is -0.850. The first kappa shape index (κ1) is 8.25. The van der Waals surface area contributed by atoms with Crippen LogP contribution in [0.25, 0.3) is 0 Å². The Bertz CT molecular complexity index is 214. The Balaban J connectivity index is 2.93. The molecular weight excluding hydrogens is 139 g/mol. The molecule has 0 fully saturated rings. The Kier molecular flexibility index (Phi) is 2.28. The molecule has 59 valence electrons. The zero-order valence-corrected chi connectivity index (χ0v) is 6.89. The van der Waals surface area contributed by atoms with Crippen LogP contribution in [0.2, 0.25) is 0 Å². The lowest BCUT2D eigenvalue weighted by atomic mass is 9.86. The summed E-state index contributed by atoms with van der Waals surface area (Å²) in [5, 5.41) is 0. The van der Waals surface area contributed by atoms with Crippen LogP contribution in [0.1, 0.15) is 19.4 Å². The fraction of sp³-hybridized carbons (Fsp3) is 0.400. The zero-order valence-electron chi connectivity index (χ0n) is 6.89. The molecule has 1 radical (unpaired) electrons. The number of rotatable bonds is 2. The Morgan fingerprint density at radius 2 is 1.91 bits per heavy atom. The van der Waals surface area contributed by atoms with E-state index in [4.69, 9.17) is 0 Å². The maximum Gasteiger partial charge on any atom is 0.0985 e. The largest absolute Gasteiger partial charge is 0.250 e. The fourth-order valence-electron chi connectivity index (χ4n) is 0.915. The van der Waals surface area contributed by atoms with Crippen molar-refractivity contribution in [3.8, 4) is 0 Å². The van der Waals surface area contributed by atoms with Crippen LogP contribution in [0.4, 0.5) is 4.39 Å². The molecule has 0 N–H and O–H groups in total. The molecule has 0 unspecified atom stereocenters. The quantitative estimate of drug-likeness (QED) is 0.609. The highest BCUT2D eigenvalue weighted by Crippen LogP contribution is 2.22. The topological polar surface area (TPSA) is 0 Å². The van der Waals surface area contributed by atoms with Gasteiger partial charge in [-0.15, -0.1) is 0 Å². The first-order valence-corrected chi connectivity index (χ1v) is 3.69. The number of hydrogen-bond donors (Lipinski definition) is 0. The van der Waals surface area contributed by atoms with Crippen LogP contribution in [-0.4, -0.2) is 6.67 Å². The molecule has 0 amide bonds. The molecule has 0 aliphatic heterocycles. The molecule has 0 bridgehead atoms. The molecule has 1 heteroatoms. The van der Waals surface area contributed by atoms with Crippen molar-refractivity contribution in [1.82, 2.24) is 0 Å². The van der Waals surface area contributed by atoms with Crippen LogP contribution in [0.5, 0.6) is 0 Å². The van der Waals surface area contributed by atoms with Crippen LogP contribution in [0, 0.1) is 6.07 Å². The molecule has 11 heavy (non-hydrogen) atoms. The molecule has 0 saturated heterocycles. The van der Waals surface area contributed by atoms with E-state index in [-0.39, 0.29) is 12.1 Å². The molecule has 1 rings (SSSR count). The third-order valence-corrected chi connectivity index (χ3v) is 1.83. The molecule has 0 spiro atoms. The van der Waals surface area contributed by atoms with Gasteiger partial charge in [-0.1, -0.05) is 38.1 Å². The van der Waals surface area contributed by atoms with Gasteiger partial charge in [0, 0.05) is 5.41 Å². The lowest BCUT2D eigenvalue weighted by molar-refractivity contribution is 0.351. The monoisotopic (exact) mass is 151 g/mol. The predicted octanol–water partition coefficient (Wildman–Crippen LogP) is 2.73. The van der Waals surface area contributed by atoms with Gasteiger partial charge in [-0.25, -0.2) is 0 Å². The van der Waals surface area contributed by atoms with Crippen molar-refractivity contribution >= 4 is 0 Å². The van der Waals surface area contributed by atoms with Gasteiger partial charge in [0.1, 0.15) is 0 Å². The molecule has 1 aromatic rings. The Labute approximate surface area is 67.1 Å². The predicted molar refractivity (Wildman–Crippen MR) is 44.3 cm³/mol. The average molecular weight is 151 g/mol. The second-order valence-electron chi connectivity index (χ2n) is 3.31. The third-order valence-electron chi connectivity index (χ3n) is 1.83. The molecule has 0 atom stereocenters. The summed E-state index contributed by atoms with van der Waals surface area (Å²) in [6.45, 7) is 3.46. The van der Waals surface area contributed by atoms with Crippen LogP contribution in [0.3, 0.4) is 0 Å². The summed E-state index contributed by atoms with van der Waals surface area (Å²) in [6, 6.07) is 10.3. The van der Waals surface area contributed by atoms with E-state index in [1.54, 1.807) is 0 Å². The second kappa shape index (κ2) is 3.04. The van der Waals surface area contributed by atoms with Gasteiger partial charge >= 0.3 is 0 Å². The smallest absolute Gasteiger partial charge is 0.0985 e. The summed E-state index contributed by atoms with van der Waals surface area (Å²) in [6.07, 6.45) is 0. The van der Waals surface area contributed by atoms with Crippen molar-refractivity contribution in [2.45, 2.75) is 19.3 Å². The standard InChI is InChI=1S/C10H12F/c1-10(2,8-11)9-6-4-3-5-7-9/h4-7H,8H2,1-2H3. The van der Waals surface area contributed by atoms with E-state index < -0.39 is 0 Å². The third kappa shape index (κ3) is 1.79. The van der Waals surface area contributed by atoms with Gasteiger partial charge in [0.15, 0.2) is 0 Å². The highest BCUT2D eigenvalue weighted by molar-refractivity contribution is 5.22. The number of alkyl halides is 1. The molecule has 0 aliphatic rings. The van der Waals surface area contributed by atoms with Gasteiger partial charge in [-0.2, -0.15) is 0 Å². The molecule has 0 heterocycles. The Morgan fingerprint density at radius 1 is 1.36 bits per heavy atom. The molecule has 0 aromatic heterocycles. The normalized spacial score (nSPS) is 11.5. The summed E-state index contributed by atoms with van der Waals surface area (Å²) in [7, 11) is 0. The first-order valence-electron chi connectivity index (χ1n) is 3.69. The van der Waals surface area contributed by atoms with Crippen LogP contribution in [0.15, 0.2) is 24.3 Å². The van der Waals surface area contributed by atoms with Crippen molar-refractivity contribution in [2.75, 3.05) is 6.67 Å². The molecule has 0 aliphatic carbocycles. The van der Waals surface area contributed by atoms with E-state index in [2.05, 4.69) is 6.07 Å². The van der Waals surface area contributed by atoms with E-state index in [0.717, 1.165) is 5.56 Å². The van der Waals surface area contributed by atoms with Crippen molar-refractivity contribution < 1.29 is 4.39 Å². The maximum atomic E-state index is 12.4. The minimum Gasteiger partial charge on any atom is -0.250 e. The fourth-order valence-corrected chi connectivity index (χ4v) is 0.915. The van der Waals surface area contributed by atoms with Crippen molar-refractivity contribution in [2.24, 2.45) is 0 Å². The number of halogens is 1. The summed E-state index contributed by atoms with van der Waals surface area (Å²) >= 11 is 0. The zero-order chi connectivity index (χ0) is 8.32. The molecule has 0 nitrogen and oxygen atoms in total. The highest BCUT2D eigenvalue weighted by atomic mass is 19.1. The Morgan fingerprint density at radius 3 is 2.36 bits per heavy atom. The average Bonchev–Trinajstić information content (AvgIpc) is 2.06. The first-order chi connectivity index (χ1) is 5.17. The van der Waals surface area contributed by atoms with Crippen LogP contribution >= 0.6 is 0 Å². The second-order valence-corrected chi connectivity index (χ2v) is 3.31. The van der Waals surface area contributed by atoms with Crippen LogP contribution < -0.4 is 0 Å². The number of hydrogen-bond acceptors (Lipinski definition) is 0. The van der Waals surface area contributed by atoms with Gasteiger partial charge < -0.3 is 0 Å². The van der Waals surface area contributed by atoms with Gasteiger partial charge in [-0.3, -0.25) is 4.39 Å². The van der Waals surface area contributed by atoms with Crippen molar-refractivity contribution in [3.05, 3.63) is 35.9 Å². The molecule has 0 saturated carbocycles. The van der Waals surface area contributed by atoms with Crippen molar-refractivity contribution in [3.63, 3.8) is 0 Å². The van der Waals surface area contributed by atoms with Gasteiger partial charge in [0.25, 0.3) is 0 Å². The van der Waals surface area contributed by atoms with E-state index in [1.165, 1.54) is 0 Å². The minimum absolute atomic E-state index is 0.322. The maximum absolute atomic E-state index is 12.4. The highest BCUT2D eigenvalue weighted by Gasteiger charge is 2.19. The van der Waals surface area contributed by atoms with Gasteiger partial charge in [0.2, 0.25) is 0 Å². The lowest BCUT2D eigenvalue weighted by Crippen LogP contribution is -2.19. The van der Waals surface area contributed by atoms with E-state index in [1.807, 2.05) is 38.1 Å². The lowest BCUT2D eigenvalue weighted by Gasteiger charge is -2.20. The summed E-state index contributed by atoms with van der Waals surface area (Å²) in [5.41, 5.74) is 0.675. The summed E-state index contributed by atoms with van der Waals surface area (Å²) < 4.78 is 12.4. The van der Waals surface area contributed by atoms with Gasteiger partial charge in [0.05, 0.1) is 6.67 Å². The van der Waals surface area contributed by atoms with Gasteiger partial charge in [-0.05, 0) is 11.6 Å². The molecular formula is C10H12F. The van der Waals surface area contributed by atoms with Crippen molar-refractivity contribution in [1.29, 1.82) is 0 Å². The molecule has 1 aromatic carbocycles. The summed E-state index contributed by atoms with van der Waals surface area (Å²) in [4.78, 5) is 0. The minimum atomic E-state index is -0.352.